The summed E-state index contributed by atoms with van der Waals surface area (Å²) < 4.78 is 5.44. The highest BCUT2D eigenvalue weighted by molar-refractivity contribution is 5.76. The molecule has 76 valence electrons. The highest BCUT2D eigenvalue weighted by Crippen LogP contribution is 2.36. The summed E-state index contributed by atoms with van der Waals surface area (Å²) in [6, 6.07) is 0. The van der Waals surface area contributed by atoms with Gasteiger partial charge in [0.15, 0.2) is 0 Å². The van der Waals surface area contributed by atoms with E-state index in [4.69, 9.17) is 4.74 Å². The van der Waals surface area contributed by atoms with Crippen LogP contribution in [0.4, 0.5) is 0 Å². The third-order valence-electron chi connectivity index (χ3n) is 2.97. The Balaban J connectivity index is 2.50. The number of carbonyl (C=O) groups is 1. The minimum atomic E-state index is 0.117. The number of carbonyl (C=O) groups excluding carboxylic acids is 1. The topological polar surface area (TPSA) is 26.3 Å². The molecule has 0 aliphatic carbocycles. The lowest BCUT2D eigenvalue weighted by atomic mass is 9.73. The summed E-state index contributed by atoms with van der Waals surface area (Å²) in [6.45, 7) is 7.75. The fourth-order valence-electron chi connectivity index (χ4n) is 2.14. The number of hydrogen-bond donors (Lipinski definition) is 0. The number of Topliss-reactive ketones (excluding diaryl/α,β-unsaturated/α-hetero) is 1. The molecule has 0 bridgehead atoms. The molecule has 0 saturated carbocycles. The number of ether oxygens (including phenoxy) is 1. The van der Waals surface area contributed by atoms with E-state index in [9.17, 15) is 4.79 Å². The van der Waals surface area contributed by atoms with Crippen LogP contribution in [0, 0.1) is 11.3 Å². The monoisotopic (exact) mass is 184 g/mol. The number of hydrogen-bond acceptors (Lipinski definition) is 2. The Kier molecular flexibility index (Phi) is 3.48. The second kappa shape index (κ2) is 4.23. The Bertz CT molecular complexity index is 179. The lowest BCUT2D eigenvalue weighted by Crippen LogP contribution is -2.33. The normalized spacial score (nSPS) is 24.4. The Morgan fingerprint density at radius 1 is 1.54 bits per heavy atom. The smallest absolute Gasteiger partial charge is 0.130 e. The van der Waals surface area contributed by atoms with Crippen LogP contribution in [0.5, 0.6) is 0 Å². The highest BCUT2D eigenvalue weighted by atomic mass is 16.5. The maximum atomic E-state index is 11.1. The molecule has 0 aromatic carbocycles. The van der Waals surface area contributed by atoms with E-state index < -0.39 is 0 Å². The maximum Gasteiger partial charge on any atom is 0.130 e. The van der Waals surface area contributed by atoms with E-state index in [-0.39, 0.29) is 11.2 Å². The summed E-state index contributed by atoms with van der Waals surface area (Å²) >= 11 is 0. The summed E-state index contributed by atoms with van der Waals surface area (Å²) in [5.41, 5.74) is 0.117. The van der Waals surface area contributed by atoms with Crippen molar-refractivity contribution in [3.8, 4) is 0 Å². The van der Waals surface area contributed by atoms with Gasteiger partial charge < -0.3 is 9.53 Å². The van der Waals surface area contributed by atoms with Crippen molar-refractivity contribution in [2.45, 2.75) is 40.0 Å². The summed E-state index contributed by atoms with van der Waals surface area (Å²) in [5, 5.41) is 0. The van der Waals surface area contributed by atoms with Gasteiger partial charge in [0.05, 0.1) is 0 Å². The molecule has 0 aromatic heterocycles. The Morgan fingerprint density at radius 3 is 2.69 bits per heavy atom. The minimum absolute atomic E-state index is 0.117. The molecule has 1 rings (SSSR count). The van der Waals surface area contributed by atoms with Gasteiger partial charge in [-0.1, -0.05) is 13.8 Å². The Hall–Kier alpha value is -0.370. The first-order valence-electron chi connectivity index (χ1n) is 5.09. The zero-order chi connectivity index (χ0) is 9.90. The van der Waals surface area contributed by atoms with Gasteiger partial charge in [0.2, 0.25) is 0 Å². The van der Waals surface area contributed by atoms with Crippen LogP contribution in [-0.2, 0) is 9.53 Å². The van der Waals surface area contributed by atoms with E-state index in [0.717, 1.165) is 19.6 Å². The molecule has 0 N–H and O–H groups in total. The van der Waals surface area contributed by atoms with Gasteiger partial charge in [-0.2, -0.15) is 0 Å². The van der Waals surface area contributed by atoms with Crippen molar-refractivity contribution in [3.63, 3.8) is 0 Å². The fourth-order valence-corrected chi connectivity index (χ4v) is 2.14. The van der Waals surface area contributed by atoms with Gasteiger partial charge >= 0.3 is 0 Å². The first-order chi connectivity index (χ1) is 6.02. The van der Waals surface area contributed by atoms with E-state index in [0.29, 0.717) is 12.3 Å². The first-order valence-corrected chi connectivity index (χ1v) is 5.09. The van der Waals surface area contributed by atoms with E-state index in [2.05, 4.69) is 13.8 Å². The maximum absolute atomic E-state index is 11.1. The van der Waals surface area contributed by atoms with E-state index in [1.807, 2.05) is 0 Å². The van der Waals surface area contributed by atoms with Gasteiger partial charge in [0.25, 0.3) is 0 Å². The zero-order valence-corrected chi connectivity index (χ0v) is 8.93. The average molecular weight is 184 g/mol. The molecule has 1 aliphatic heterocycles. The lowest BCUT2D eigenvalue weighted by molar-refractivity contribution is -0.120. The van der Waals surface area contributed by atoms with E-state index in [1.54, 1.807) is 6.92 Å². The molecular weight excluding hydrogens is 164 g/mol. The molecule has 1 saturated heterocycles. The molecule has 2 nitrogen and oxygen atoms in total. The van der Waals surface area contributed by atoms with Gasteiger partial charge in [-0.15, -0.1) is 0 Å². The molecule has 0 aromatic rings. The first kappa shape index (κ1) is 10.7. The number of rotatable bonds is 3. The molecule has 2 heteroatoms. The standard InChI is InChI=1S/C11H20O2/c1-9(12)7-11(2,3)10-5-4-6-13-8-10/h10H,4-8H2,1-3H3. The van der Waals surface area contributed by atoms with E-state index >= 15 is 0 Å². The quantitative estimate of drug-likeness (QED) is 0.673. The van der Waals surface area contributed by atoms with Gasteiger partial charge in [-0.3, -0.25) is 0 Å². The van der Waals surface area contributed by atoms with Crippen molar-refractivity contribution < 1.29 is 9.53 Å². The predicted octanol–water partition coefficient (Wildman–Crippen LogP) is 2.42. The molecule has 1 heterocycles. The summed E-state index contributed by atoms with van der Waals surface area (Å²) in [5.74, 6) is 0.848. The zero-order valence-electron chi connectivity index (χ0n) is 8.93. The molecule has 1 fully saturated rings. The molecule has 0 amide bonds. The van der Waals surface area contributed by atoms with Crippen LogP contribution < -0.4 is 0 Å². The molecule has 1 unspecified atom stereocenters. The molecular formula is C11H20O2. The predicted molar refractivity (Wildman–Crippen MR) is 52.6 cm³/mol. The minimum Gasteiger partial charge on any atom is -0.381 e. The third kappa shape index (κ3) is 3.11. The van der Waals surface area contributed by atoms with Gasteiger partial charge in [0, 0.05) is 19.6 Å². The van der Waals surface area contributed by atoms with Crippen LogP contribution in [0.25, 0.3) is 0 Å². The molecule has 0 spiro atoms. The third-order valence-corrected chi connectivity index (χ3v) is 2.97. The van der Waals surface area contributed by atoms with Crippen molar-refractivity contribution in [1.82, 2.24) is 0 Å². The van der Waals surface area contributed by atoms with Crippen LogP contribution in [0.15, 0.2) is 0 Å². The Labute approximate surface area is 80.7 Å². The Morgan fingerprint density at radius 2 is 2.23 bits per heavy atom. The van der Waals surface area contributed by atoms with Gasteiger partial charge in [-0.05, 0) is 31.1 Å². The molecule has 1 aliphatic rings. The second-order valence-corrected chi connectivity index (χ2v) is 4.78. The van der Waals surface area contributed by atoms with Gasteiger partial charge in [-0.25, -0.2) is 0 Å². The average Bonchev–Trinajstić information content (AvgIpc) is 2.04. The van der Waals surface area contributed by atoms with Gasteiger partial charge in [0.1, 0.15) is 5.78 Å². The van der Waals surface area contributed by atoms with Crippen LogP contribution in [0.2, 0.25) is 0 Å². The molecule has 0 radical (unpaired) electrons. The van der Waals surface area contributed by atoms with Crippen LogP contribution in [-0.4, -0.2) is 19.0 Å². The van der Waals surface area contributed by atoms with Crippen LogP contribution in [0.1, 0.15) is 40.0 Å². The largest absolute Gasteiger partial charge is 0.381 e. The highest BCUT2D eigenvalue weighted by Gasteiger charge is 2.31. The van der Waals surface area contributed by atoms with Crippen molar-refractivity contribution >= 4 is 5.78 Å². The van der Waals surface area contributed by atoms with Crippen LogP contribution in [0.3, 0.4) is 0 Å². The van der Waals surface area contributed by atoms with Crippen molar-refractivity contribution in [2.24, 2.45) is 11.3 Å². The molecule has 1 atom stereocenters. The summed E-state index contributed by atoms with van der Waals surface area (Å²) in [6.07, 6.45) is 3.04. The summed E-state index contributed by atoms with van der Waals surface area (Å²) in [4.78, 5) is 11.1. The van der Waals surface area contributed by atoms with Crippen molar-refractivity contribution in [1.29, 1.82) is 0 Å². The second-order valence-electron chi connectivity index (χ2n) is 4.78. The van der Waals surface area contributed by atoms with E-state index in [1.165, 1.54) is 6.42 Å². The SMILES string of the molecule is CC(=O)CC(C)(C)C1CCCOC1. The fraction of sp³-hybridized carbons (Fsp3) is 0.909. The number of ketones is 1. The summed E-state index contributed by atoms with van der Waals surface area (Å²) in [7, 11) is 0. The van der Waals surface area contributed by atoms with Crippen molar-refractivity contribution in [2.75, 3.05) is 13.2 Å². The van der Waals surface area contributed by atoms with Crippen molar-refractivity contribution in [3.05, 3.63) is 0 Å². The molecule has 13 heavy (non-hydrogen) atoms. The van der Waals surface area contributed by atoms with Crippen LogP contribution >= 0.6 is 0 Å². The lowest BCUT2D eigenvalue weighted by Gasteiger charge is -2.36.